The summed E-state index contributed by atoms with van der Waals surface area (Å²) >= 11 is 0. The third kappa shape index (κ3) is 6.28. The highest BCUT2D eigenvalue weighted by Crippen LogP contribution is 2.11. The predicted molar refractivity (Wildman–Crippen MR) is 76.1 cm³/mol. The first-order valence-corrected chi connectivity index (χ1v) is 6.25. The van der Waals surface area contributed by atoms with Crippen molar-refractivity contribution in [2.24, 2.45) is 10.9 Å². The van der Waals surface area contributed by atoms with Gasteiger partial charge in [-0.1, -0.05) is 5.16 Å². The van der Waals surface area contributed by atoms with Crippen molar-refractivity contribution in [3.05, 3.63) is 29.8 Å². The molecule has 0 unspecified atom stereocenters. The lowest BCUT2D eigenvalue weighted by molar-refractivity contribution is -0.123. The first-order valence-electron chi connectivity index (χ1n) is 6.25. The molecule has 0 fully saturated rings. The monoisotopic (exact) mass is 294 g/mol. The summed E-state index contributed by atoms with van der Waals surface area (Å²) in [7, 11) is 0. The molecule has 0 aliphatic carbocycles. The number of nitrogens with zero attached hydrogens (tertiary/aromatic N) is 1. The van der Waals surface area contributed by atoms with Crippen molar-refractivity contribution in [3.63, 3.8) is 0 Å². The Hall–Kier alpha value is -2.77. The molecule has 1 aromatic rings. The molecule has 0 bridgehead atoms. The minimum absolute atomic E-state index is 0.00253. The summed E-state index contributed by atoms with van der Waals surface area (Å²) in [6.45, 7) is 1.98. The quantitative estimate of drug-likeness (QED) is 0.176. The average Bonchev–Trinajstić information content (AvgIpc) is 2.49. The Morgan fingerprint density at radius 3 is 2.43 bits per heavy atom. The van der Waals surface area contributed by atoms with Crippen molar-refractivity contribution in [2.45, 2.75) is 6.92 Å². The van der Waals surface area contributed by atoms with E-state index in [0.717, 1.165) is 0 Å². The molecule has 0 heterocycles. The van der Waals surface area contributed by atoms with Gasteiger partial charge >= 0.3 is 0 Å². The van der Waals surface area contributed by atoms with Crippen molar-refractivity contribution in [2.75, 3.05) is 19.7 Å². The SMILES string of the molecule is CC(=O)NCCNC(=O)COc1ccc(/C(N)=N/O)cc1. The molecule has 8 nitrogen and oxygen atoms in total. The summed E-state index contributed by atoms with van der Waals surface area (Å²) in [6, 6.07) is 6.44. The second-order valence-corrected chi connectivity index (χ2v) is 4.13. The number of benzene rings is 1. The van der Waals surface area contributed by atoms with Gasteiger partial charge in [0, 0.05) is 25.6 Å². The molecule has 0 aromatic heterocycles. The van der Waals surface area contributed by atoms with Gasteiger partial charge in [-0.05, 0) is 24.3 Å². The van der Waals surface area contributed by atoms with Crippen LogP contribution in [0.4, 0.5) is 0 Å². The summed E-state index contributed by atoms with van der Waals surface area (Å²) in [5.74, 6) is 0.0471. The molecule has 0 spiro atoms. The van der Waals surface area contributed by atoms with Crippen LogP contribution in [0.3, 0.4) is 0 Å². The average molecular weight is 294 g/mol. The molecular formula is C13H18N4O4. The molecule has 0 radical (unpaired) electrons. The highest BCUT2D eigenvalue weighted by Gasteiger charge is 2.03. The zero-order valence-corrected chi connectivity index (χ0v) is 11.6. The van der Waals surface area contributed by atoms with Crippen LogP contribution in [0.2, 0.25) is 0 Å². The summed E-state index contributed by atoms with van der Waals surface area (Å²) < 4.78 is 5.27. The number of carbonyl (C=O) groups excluding carboxylic acids is 2. The Bertz CT molecular complexity index is 513. The number of nitrogens with two attached hydrogens (primary N) is 1. The van der Waals surface area contributed by atoms with E-state index in [9.17, 15) is 9.59 Å². The maximum absolute atomic E-state index is 11.5. The lowest BCUT2D eigenvalue weighted by Gasteiger charge is -2.08. The zero-order chi connectivity index (χ0) is 15.7. The molecule has 114 valence electrons. The van der Waals surface area contributed by atoms with Crippen LogP contribution in [0.25, 0.3) is 0 Å². The van der Waals surface area contributed by atoms with Crippen LogP contribution in [0, 0.1) is 0 Å². The Labute approximate surface area is 122 Å². The van der Waals surface area contributed by atoms with Crippen molar-refractivity contribution in [1.82, 2.24) is 10.6 Å². The smallest absolute Gasteiger partial charge is 0.258 e. The van der Waals surface area contributed by atoms with Gasteiger partial charge in [-0.15, -0.1) is 0 Å². The number of rotatable bonds is 7. The second-order valence-electron chi connectivity index (χ2n) is 4.13. The number of hydrogen-bond acceptors (Lipinski definition) is 5. The number of amides is 2. The van der Waals surface area contributed by atoms with Crippen molar-refractivity contribution in [3.8, 4) is 5.75 Å². The number of oxime groups is 1. The van der Waals surface area contributed by atoms with E-state index in [1.807, 2.05) is 0 Å². The molecule has 8 heteroatoms. The zero-order valence-electron chi connectivity index (χ0n) is 11.6. The first-order chi connectivity index (χ1) is 10.0. The maximum Gasteiger partial charge on any atom is 0.258 e. The van der Waals surface area contributed by atoms with Crippen LogP contribution in [0.1, 0.15) is 12.5 Å². The highest BCUT2D eigenvalue weighted by atomic mass is 16.5. The third-order valence-electron chi connectivity index (χ3n) is 2.45. The van der Waals surface area contributed by atoms with E-state index in [-0.39, 0.29) is 24.3 Å². The minimum atomic E-state index is -0.291. The Kier molecular flexibility index (Phi) is 6.52. The van der Waals surface area contributed by atoms with E-state index < -0.39 is 0 Å². The van der Waals surface area contributed by atoms with Gasteiger partial charge in [-0.3, -0.25) is 9.59 Å². The Morgan fingerprint density at radius 2 is 1.86 bits per heavy atom. The van der Waals surface area contributed by atoms with Crippen molar-refractivity contribution in [1.29, 1.82) is 0 Å². The molecule has 21 heavy (non-hydrogen) atoms. The lowest BCUT2D eigenvalue weighted by atomic mass is 10.2. The fourth-order valence-corrected chi connectivity index (χ4v) is 1.42. The summed E-state index contributed by atoms with van der Waals surface area (Å²) in [6.07, 6.45) is 0. The Balaban J connectivity index is 2.31. The predicted octanol–water partition coefficient (Wildman–Crippen LogP) is -0.588. The summed E-state index contributed by atoms with van der Waals surface area (Å²) in [4.78, 5) is 22.1. The third-order valence-corrected chi connectivity index (χ3v) is 2.45. The summed E-state index contributed by atoms with van der Waals surface area (Å²) in [5, 5.41) is 16.6. The van der Waals surface area contributed by atoms with E-state index in [1.54, 1.807) is 24.3 Å². The number of nitrogens with one attached hydrogen (secondary N) is 2. The van der Waals surface area contributed by atoms with Gasteiger partial charge in [-0.25, -0.2) is 0 Å². The van der Waals surface area contributed by atoms with Crippen LogP contribution < -0.4 is 21.1 Å². The second kappa shape index (κ2) is 8.41. The van der Waals surface area contributed by atoms with Crippen LogP contribution in [-0.2, 0) is 9.59 Å². The molecule has 2 amide bonds. The summed E-state index contributed by atoms with van der Waals surface area (Å²) in [5.41, 5.74) is 5.97. The lowest BCUT2D eigenvalue weighted by Crippen LogP contribution is -2.36. The van der Waals surface area contributed by atoms with Crippen molar-refractivity contribution >= 4 is 17.6 Å². The molecule has 0 saturated heterocycles. The number of hydrogen-bond donors (Lipinski definition) is 4. The van der Waals surface area contributed by atoms with Gasteiger partial charge in [0.1, 0.15) is 5.75 Å². The number of ether oxygens (including phenoxy) is 1. The fourth-order valence-electron chi connectivity index (χ4n) is 1.42. The van der Waals surface area contributed by atoms with Crippen molar-refractivity contribution < 1.29 is 19.5 Å². The molecule has 0 aliphatic heterocycles. The topological polar surface area (TPSA) is 126 Å². The number of carbonyl (C=O) groups is 2. The highest BCUT2D eigenvalue weighted by molar-refractivity contribution is 5.97. The molecule has 1 aromatic carbocycles. The molecule has 0 aliphatic rings. The minimum Gasteiger partial charge on any atom is -0.484 e. The fraction of sp³-hybridized carbons (Fsp3) is 0.308. The van der Waals surface area contributed by atoms with Crippen LogP contribution in [0.15, 0.2) is 29.4 Å². The molecule has 0 saturated carbocycles. The molecule has 1 rings (SSSR count). The Morgan fingerprint density at radius 1 is 1.24 bits per heavy atom. The van der Waals surface area contributed by atoms with E-state index >= 15 is 0 Å². The molecule has 0 atom stereocenters. The van der Waals surface area contributed by atoms with Gasteiger partial charge < -0.3 is 26.3 Å². The van der Waals surface area contributed by atoms with E-state index in [0.29, 0.717) is 24.4 Å². The van der Waals surface area contributed by atoms with Gasteiger partial charge in [0.15, 0.2) is 12.4 Å². The van der Waals surface area contributed by atoms with Gasteiger partial charge in [0.25, 0.3) is 5.91 Å². The van der Waals surface area contributed by atoms with E-state index in [4.69, 9.17) is 15.7 Å². The van der Waals surface area contributed by atoms with Crippen LogP contribution in [0.5, 0.6) is 5.75 Å². The van der Waals surface area contributed by atoms with E-state index in [1.165, 1.54) is 6.92 Å². The van der Waals surface area contributed by atoms with Gasteiger partial charge in [0.2, 0.25) is 5.91 Å². The van der Waals surface area contributed by atoms with Gasteiger partial charge in [-0.2, -0.15) is 0 Å². The molecule has 5 N–H and O–H groups in total. The normalized spacial score (nSPS) is 10.8. The number of amidine groups is 1. The van der Waals surface area contributed by atoms with Crippen LogP contribution >= 0.6 is 0 Å². The maximum atomic E-state index is 11.5. The van der Waals surface area contributed by atoms with Crippen LogP contribution in [-0.4, -0.2) is 42.6 Å². The largest absolute Gasteiger partial charge is 0.484 e. The van der Waals surface area contributed by atoms with E-state index in [2.05, 4.69) is 15.8 Å². The van der Waals surface area contributed by atoms with Gasteiger partial charge in [0.05, 0.1) is 0 Å². The standard InChI is InChI=1S/C13H18N4O4/c1-9(18)15-6-7-16-12(19)8-21-11-4-2-10(3-5-11)13(14)17-20/h2-5,20H,6-8H2,1H3,(H2,14,17)(H,15,18)(H,16,19). The molecular weight excluding hydrogens is 276 g/mol. The first kappa shape index (κ1) is 16.3.